The molecule has 0 N–H and O–H groups in total. The van der Waals surface area contributed by atoms with Gasteiger partial charge in [0.1, 0.15) is 5.75 Å². The minimum Gasteiger partial charge on any atom is -0.494 e. The van der Waals surface area contributed by atoms with Crippen molar-refractivity contribution in [3.63, 3.8) is 0 Å². The van der Waals surface area contributed by atoms with Gasteiger partial charge in [0.15, 0.2) is 0 Å². The van der Waals surface area contributed by atoms with E-state index in [0.717, 1.165) is 6.42 Å². The van der Waals surface area contributed by atoms with E-state index in [1.807, 2.05) is 34.6 Å². The number of ether oxygens (including phenoxy) is 1. The maximum atomic E-state index is 12.6. The standard InChI is InChI=1S/C15H25NO3S/c1-6-11-19-14-7-9-15(10-8-14)20(17,18)16(12(2)3)13(4)5/h7-10,12-13H,6,11H2,1-5H3. The molecule has 1 aromatic carbocycles. The molecule has 1 rings (SSSR count). The van der Waals surface area contributed by atoms with E-state index in [1.165, 1.54) is 4.31 Å². The van der Waals surface area contributed by atoms with Crippen molar-refractivity contribution in [2.45, 2.75) is 58.0 Å². The number of rotatable bonds is 7. The molecule has 0 aromatic heterocycles. The minimum absolute atomic E-state index is 0.0731. The molecule has 114 valence electrons. The van der Waals surface area contributed by atoms with Crippen LogP contribution in [-0.2, 0) is 10.0 Å². The van der Waals surface area contributed by atoms with Gasteiger partial charge in [-0.15, -0.1) is 0 Å². The van der Waals surface area contributed by atoms with Crippen molar-refractivity contribution in [1.82, 2.24) is 4.31 Å². The Morgan fingerprint density at radius 3 is 1.95 bits per heavy atom. The van der Waals surface area contributed by atoms with E-state index >= 15 is 0 Å². The minimum atomic E-state index is -3.46. The fourth-order valence-corrected chi connectivity index (χ4v) is 4.03. The Bertz CT molecular complexity index is 498. The quantitative estimate of drug-likeness (QED) is 0.776. The van der Waals surface area contributed by atoms with E-state index in [9.17, 15) is 8.42 Å². The summed E-state index contributed by atoms with van der Waals surface area (Å²) in [5.41, 5.74) is 0. The fourth-order valence-electron chi connectivity index (χ4n) is 2.20. The van der Waals surface area contributed by atoms with Gasteiger partial charge >= 0.3 is 0 Å². The van der Waals surface area contributed by atoms with Crippen molar-refractivity contribution < 1.29 is 13.2 Å². The molecular weight excluding hydrogens is 274 g/mol. The zero-order valence-corrected chi connectivity index (χ0v) is 13.8. The van der Waals surface area contributed by atoms with E-state index in [4.69, 9.17) is 4.74 Å². The Balaban J connectivity index is 3.03. The van der Waals surface area contributed by atoms with Gasteiger partial charge in [0.2, 0.25) is 10.0 Å². The number of nitrogens with zero attached hydrogens (tertiary/aromatic N) is 1. The SMILES string of the molecule is CCCOc1ccc(S(=O)(=O)N(C(C)C)C(C)C)cc1. The first-order chi connectivity index (χ1) is 9.30. The summed E-state index contributed by atoms with van der Waals surface area (Å²) < 4.78 is 32.2. The number of sulfonamides is 1. The summed E-state index contributed by atoms with van der Waals surface area (Å²) in [6.45, 7) is 10.2. The Hall–Kier alpha value is -1.07. The highest BCUT2D eigenvalue weighted by Gasteiger charge is 2.29. The number of hydrogen-bond donors (Lipinski definition) is 0. The second-order valence-corrected chi connectivity index (χ2v) is 7.19. The zero-order chi connectivity index (χ0) is 15.3. The van der Waals surface area contributed by atoms with Gasteiger partial charge in [0.05, 0.1) is 11.5 Å². The maximum absolute atomic E-state index is 12.6. The highest BCUT2D eigenvalue weighted by molar-refractivity contribution is 7.89. The molecule has 0 bridgehead atoms. The van der Waals surface area contributed by atoms with Gasteiger partial charge in [-0.25, -0.2) is 8.42 Å². The maximum Gasteiger partial charge on any atom is 0.243 e. The van der Waals surface area contributed by atoms with Gasteiger partial charge in [0, 0.05) is 12.1 Å². The van der Waals surface area contributed by atoms with Crippen LogP contribution in [0.2, 0.25) is 0 Å². The lowest BCUT2D eigenvalue weighted by atomic mass is 10.3. The third kappa shape index (κ3) is 3.96. The van der Waals surface area contributed by atoms with Gasteiger partial charge in [-0.3, -0.25) is 0 Å². The molecular formula is C15H25NO3S. The third-order valence-corrected chi connectivity index (χ3v) is 5.16. The predicted octanol–water partition coefficient (Wildman–Crippen LogP) is 3.28. The molecule has 20 heavy (non-hydrogen) atoms. The van der Waals surface area contributed by atoms with Crippen molar-refractivity contribution in [3.8, 4) is 5.75 Å². The van der Waals surface area contributed by atoms with Crippen molar-refractivity contribution in [2.75, 3.05) is 6.61 Å². The summed E-state index contributed by atoms with van der Waals surface area (Å²) in [5.74, 6) is 0.700. The lowest BCUT2D eigenvalue weighted by molar-refractivity contribution is 0.302. The van der Waals surface area contributed by atoms with Crippen LogP contribution < -0.4 is 4.74 Å². The first kappa shape index (κ1) is 17.0. The Labute approximate surface area is 122 Å². The van der Waals surface area contributed by atoms with Gasteiger partial charge in [0.25, 0.3) is 0 Å². The second-order valence-electron chi connectivity index (χ2n) is 5.34. The van der Waals surface area contributed by atoms with E-state index in [-0.39, 0.29) is 12.1 Å². The molecule has 0 aliphatic carbocycles. The Morgan fingerprint density at radius 2 is 1.55 bits per heavy atom. The lowest BCUT2D eigenvalue weighted by Crippen LogP contribution is -2.41. The molecule has 4 nitrogen and oxygen atoms in total. The number of benzene rings is 1. The van der Waals surface area contributed by atoms with Crippen LogP contribution >= 0.6 is 0 Å². The first-order valence-electron chi connectivity index (χ1n) is 7.07. The molecule has 0 atom stereocenters. The molecule has 0 fully saturated rings. The molecule has 1 aromatic rings. The molecule has 0 saturated carbocycles. The molecule has 0 amide bonds. The highest BCUT2D eigenvalue weighted by Crippen LogP contribution is 2.23. The van der Waals surface area contributed by atoms with Crippen molar-refractivity contribution in [2.24, 2.45) is 0 Å². The molecule has 0 radical (unpaired) electrons. The normalized spacial score (nSPS) is 12.4. The second kappa shape index (κ2) is 7.09. The van der Waals surface area contributed by atoms with E-state index in [1.54, 1.807) is 24.3 Å². The topological polar surface area (TPSA) is 46.6 Å². The van der Waals surface area contributed by atoms with Gasteiger partial charge in [-0.1, -0.05) is 6.92 Å². The smallest absolute Gasteiger partial charge is 0.243 e. The summed E-state index contributed by atoms with van der Waals surface area (Å²) in [6.07, 6.45) is 0.925. The number of hydrogen-bond acceptors (Lipinski definition) is 3. The molecule has 5 heteroatoms. The zero-order valence-electron chi connectivity index (χ0n) is 13.0. The third-order valence-electron chi connectivity index (χ3n) is 2.89. The molecule has 0 unspecified atom stereocenters. The van der Waals surface area contributed by atoms with Crippen LogP contribution in [0.5, 0.6) is 5.75 Å². The average molecular weight is 299 g/mol. The van der Waals surface area contributed by atoms with Crippen molar-refractivity contribution in [1.29, 1.82) is 0 Å². The lowest BCUT2D eigenvalue weighted by Gasteiger charge is -2.29. The molecule has 0 aliphatic rings. The van der Waals surface area contributed by atoms with Crippen LogP contribution in [0.4, 0.5) is 0 Å². The highest BCUT2D eigenvalue weighted by atomic mass is 32.2. The fraction of sp³-hybridized carbons (Fsp3) is 0.600. The van der Waals surface area contributed by atoms with Gasteiger partial charge < -0.3 is 4.74 Å². The van der Waals surface area contributed by atoms with Gasteiger partial charge in [-0.2, -0.15) is 4.31 Å². The monoisotopic (exact) mass is 299 g/mol. The molecule has 0 saturated heterocycles. The van der Waals surface area contributed by atoms with E-state index in [0.29, 0.717) is 17.3 Å². The van der Waals surface area contributed by atoms with Crippen molar-refractivity contribution in [3.05, 3.63) is 24.3 Å². The average Bonchev–Trinajstić information content (AvgIpc) is 2.35. The molecule has 0 spiro atoms. The largest absolute Gasteiger partial charge is 0.494 e. The first-order valence-corrected chi connectivity index (χ1v) is 8.51. The van der Waals surface area contributed by atoms with E-state index in [2.05, 4.69) is 0 Å². The van der Waals surface area contributed by atoms with Crippen LogP contribution in [0.1, 0.15) is 41.0 Å². The molecule has 0 heterocycles. The summed E-state index contributed by atoms with van der Waals surface area (Å²) in [4.78, 5) is 0.309. The molecule has 0 aliphatic heterocycles. The van der Waals surface area contributed by atoms with Crippen LogP contribution in [-0.4, -0.2) is 31.4 Å². The summed E-state index contributed by atoms with van der Waals surface area (Å²) in [7, 11) is -3.46. The Kier molecular flexibility index (Phi) is 6.02. The van der Waals surface area contributed by atoms with Crippen LogP contribution in [0.25, 0.3) is 0 Å². The predicted molar refractivity (Wildman–Crippen MR) is 81.5 cm³/mol. The summed E-state index contributed by atoms with van der Waals surface area (Å²) >= 11 is 0. The van der Waals surface area contributed by atoms with Crippen LogP contribution in [0, 0.1) is 0 Å². The van der Waals surface area contributed by atoms with Crippen molar-refractivity contribution >= 4 is 10.0 Å². The summed E-state index contributed by atoms with van der Waals surface area (Å²) in [5, 5.41) is 0. The van der Waals surface area contributed by atoms with E-state index < -0.39 is 10.0 Å². The van der Waals surface area contributed by atoms with Crippen LogP contribution in [0.3, 0.4) is 0 Å². The van der Waals surface area contributed by atoms with Crippen LogP contribution in [0.15, 0.2) is 29.2 Å². The Morgan fingerprint density at radius 1 is 1.05 bits per heavy atom. The van der Waals surface area contributed by atoms with Gasteiger partial charge in [-0.05, 0) is 58.4 Å². The summed E-state index contributed by atoms with van der Waals surface area (Å²) in [6, 6.07) is 6.49.